The van der Waals surface area contributed by atoms with Crippen LogP contribution < -0.4 is 37.2 Å². The molecule has 2 fully saturated rings. The molecule has 0 saturated carbocycles. The first-order chi connectivity index (χ1) is 34.8. The van der Waals surface area contributed by atoms with Crippen molar-refractivity contribution in [3.63, 3.8) is 0 Å². The Kier molecular flexibility index (Phi) is 20.3. The van der Waals surface area contributed by atoms with E-state index in [1.807, 2.05) is 116 Å². The SMILES string of the molecule is CN[C@@H](C)C(=O)N[C@H](C(=O)N1C[C@@H](CC(=O)c2ccc(C(=O)N[C@H]3C[C@@H](C(=O)NC[C@@H](C)c4ccccc4)N(C(=O)[C@@H](NC(=O)[C@H](C)NC)C(C)(C)C)C3)cc2)C[C@H]1C(=O)NC[C@H](C)c1ccccc1)C(C)(C)C. The minimum absolute atomic E-state index is 0.00301. The van der Waals surface area contributed by atoms with Crippen LogP contribution in [0.25, 0.3) is 0 Å². The molecule has 2 saturated heterocycles. The molecule has 0 radical (unpaired) electrons. The molecule has 2 aliphatic rings. The number of carbonyl (C=O) groups excluding carboxylic acids is 8. The van der Waals surface area contributed by atoms with Gasteiger partial charge in [-0.25, -0.2) is 0 Å². The summed E-state index contributed by atoms with van der Waals surface area (Å²) in [5.74, 6) is -3.39. The number of hydrogen-bond donors (Lipinski definition) is 7. The van der Waals surface area contributed by atoms with Gasteiger partial charge in [0.25, 0.3) is 5.91 Å². The van der Waals surface area contributed by atoms with Crippen molar-refractivity contribution in [2.45, 2.75) is 143 Å². The Morgan fingerprint density at radius 3 is 1.38 bits per heavy atom. The van der Waals surface area contributed by atoms with E-state index in [9.17, 15) is 38.4 Å². The molecule has 5 rings (SSSR count). The third kappa shape index (κ3) is 15.3. The fraction of sp³-hybridized carbons (Fsp3) is 0.544. The molecule has 17 heteroatoms. The summed E-state index contributed by atoms with van der Waals surface area (Å²) in [5, 5.41) is 20.7. The molecule has 0 bridgehead atoms. The summed E-state index contributed by atoms with van der Waals surface area (Å²) in [6.45, 7) is 19.2. The first kappa shape index (κ1) is 58.4. The summed E-state index contributed by atoms with van der Waals surface area (Å²) >= 11 is 0. The maximum absolute atomic E-state index is 14.5. The summed E-state index contributed by atoms with van der Waals surface area (Å²) in [4.78, 5) is 114. The average Bonchev–Trinajstić information content (AvgIpc) is 4.01. The Morgan fingerprint density at radius 1 is 0.554 bits per heavy atom. The number of hydrogen-bond acceptors (Lipinski definition) is 10. The molecule has 74 heavy (non-hydrogen) atoms. The highest BCUT2D eigenvalue weighted by Gasteiger charge is 2.47. The number of nitrogens with one attached hydrogen (secondary N) is 7. The largest absolute Gasteiger partial charge is 0.354 e. The van der Waals surface area contributed by atoms with E-state index < -0.39 is 70.8 Å². The smallest absolute Gasteiger partial charge is 0.251 e. The lowest BCUT2D eigenvalue weighted by Gasteiger charge is -2.36. The van der Waals surface area contributed by atoms with Gasteiger partial charge in [0.15, 0.2) is 5.78 Å². The maximum atomic E-state index is 14.5. The van der Waals surface area contributed by atoms with E-state index in [0.29, 0.717) is 18.7 Å². The van der Waals surface area contributed by atoms with Crippen LogP contribution in [0, 0.1) is 16.7 Å². The number of rotatable bonds is 21. The van der Waals surface area contributed by atoms with Gasteiger partial charge in [0, 0.05) is 49.8 Å². The summed E-state index contributed by atoms with van der Waals surface area (Å²) in [6.07, 6.45) is 0.374. The molecular weight excluding hydrogens is 939 g/mol. The van der Waals surface area contributed by atoms with Crippen molar-refractivity contribution in [1.29, 1.82) is 0 Å². The number of likely N-dealkylation sites (N-methyl/N-ethyl adjacent to an activating group) is 2. The molecule has 402 valence electrons. The van der Waals surface area contributed by atoms with Crippen molar-refractivity contribution >= 4 is 47.1 Å². The van der Waals surface area contributed by atoms with Gasteiger partial charge in [0.2, 0.25) is 35.4 Å². The molecule has 17 nitrogen and oxygen atoms in total. The van der Waals surface area contributed by atoms with E-state index >= 15 is 0 Å². The third-order valence-electron chi connectivity index (χ3n) is 14.5. The lowest BCUT2D eigenvalue weighted by molar-refractivity contribution is -0.144. The molecule has 7 amide bonds. The van der Waals surface area contributed by atoms with Gasteiger partial charge >= 0.3 is 0 Å². The predicted molar refractivity (Wildman–Crippen MR) is 286 cm³/mol. The van der Waals surface area contributed by atoms with E-state index in [0.717, 1.165) is 11.1 Å². The van der Waals surface area contributed by atoms with Crippen LogP contribution in [0.4, 0.5) is 0 Å². The fourth-order valence-electron chi connectivity index (χ4n) is 9.42. The number of benzene rings is 3. The van der Waals surface area contributed by atoms with Gasteiger partial charge in [-0.05, 0) is 92.6 Å². The lowest BCUT2D eigenvalue weighted by Crippen LogP contribution is -2.59. The highest BCUT2D eigenvalue weighted by molar-refractivity contribution is 6.00. The van der Waals surface area contributed by atoms with Gasteiger partial charge < -0.3 is 47.0 Å². The number of ketones is 1. The van der Waals surface area contributed by atoms with E-state index in [4.69, 9.17) is 0 Å². The monoisotopic (exact) mass is 1020 g/mol. The standard InChI is InChI=1S/C57H81N9O8/c1-34(39-19-15-13-16-20-39)30-60-52(71)44-27-38(32-65(44)54(73)47(56(5,6)7)63-49(68)36(3)58-11)28-46(67)41-23-25-42(26-24-41)51(70)62-43-29-45(53(72)61-31-35(2)40-21-17-14-18-22-40)66(33-43)55(74)48(57(8,9)10)64-50(69)37(4)59-12/h13-26,34-38,43-45,47-48,58-59H,27-33H2,1-12H3,(H,60,71)(H,61,72)(H,62,70)(H,63,68)(H,64,69)/t34-,35+,36-,37-,38+,43-,44-,45-,47+,48+/m0/s1. The number of Topliss-reactive ketones (excluding diaryl/α,β-unsaturated/α-hetero) is 1. The second-order valence-electron chi connectivity index (χ2n) is 22.5. The first-order valence-corrected chi connectivity index (χ1v) is 26.0. The maximum Gasteiger partial charge on any atom is 0.251 e. The molecule has 0 unspecified atom stereocenters. The summed E-state index contributed by atoms with van der Waals surface area (Å²) in [5.41, 5.74) is 1.25. The summed E-state index contributed by atoms with van der Waals surface area (Å²) in [7, 11) is 3.30. The van der Waals surface area contributed by atoms with Gasteiger partial charge in [-0.3, -0.25) is 38.4 Å². The Balaban J connectivity index is 1.30. The zero-order valence-electron chi connectivity index (χ0n) is 45.5. The van der Waals surface area contributed by atoms with Crippen molar-refractivity contribution < 1.29 is 38.4 Å². The van der Waals surface area contributed by atoms with Crippen molar-refractivity contribution in [2.75, 3.05) is 40.3 Å². The minimum Gasteiger partial charge on any atom is -0.354 e. The molecular formula is C57H81N9O8. The van der Waals surface area contributed by atoms with Crippen LogP contribution in [0.3, 0.4) is 0 Å². The van der Waals surface area contributed by atoms with Crippen LogP contribution in [0.15, 0.2) is 84.9 Å². The van der Waals surface area contributed by atoms with Crippen LogP contribution >= 0.6 is 0 Å². The topological polar surface area (TPSA) is 227 Å². The van der Waals surface area contributed by atoms with Gasteiger partial charge in [-0.15, -0.1) is 0 Å². The normalized spacial score (nSPS) is 20.3. The Hall–Kier alpha value is -6.46. The van der Waals surface area contributed by atoms with Crippen LogP contribution in [-0.4, -0.2) is 140 Å². The quantitative estimate of drug-likeness (QED) is 0.0750. The molecule has 3 aromatic rings. The van der Waals surface area contributed by atoms with Crippen LogP contribution in [-0.2, 0) is 28.8 Å². The van der Waals surface area contributed by atoms with Crippen LogP contribution in [0.1, 0.15) is 132 Å². The first-order valence-electron chi connectivity index (χ1n) is 26.0. The Morgan fingerprint density at radius 2 is 0.959 bits per heavy atom. The van der Waals surface area contributed by atoms with E-state index in [2.05, 4.69) is 37.2 Å². The zero-order valence-corrected chi connectivity index (χ0v) is 45.5. The number of nitrogens with zero attached hydrogens (tertiary/aromatic N) is 2. The van der Waals surface area contributed by atoms with Crippen molar-refractivity contribution in [1.82, 2.24) is 47.0 Å². The lowest BCUT2D eigenvalue weighted by atomic mass is 9.85. The summed E-state index contributed by atoms with van der Waals surface area (Å²) in [6, 6.07) is 20.2. The number of likely N-dealkylation sites (tertiary alicyclic amines) is 2. The number of carbonyl (C=O) groups is 8. The predicted octanol–water partition coefficient (Wildman–Crippen LogP) is 4.29. The van der Waals surface area contributed by atoms with Gasteiger partial charge in [0.1, 0.15) is 24.2 Å². The van der Waals surface area contributed by atoms with Crippen LogP contribution in [0.2, 0.25) is 0 Å². The van der Waals surface area contributed by atoms with Gasteiger partial charge in [0.05, 0.1) is 12.1 Å². The molecule has 3 aromatic carbocycles. The summed E-state index contributed by atoms with van der Waals surface area (Å²) < 4.78 is 0. The highest BCUT2D eigenvalue weighted by atomic mass is 16.2. The van der Waals surface area contributed by atoms with Crippen molar-refractivity contribution in [3.05, 3.63) is 107 Å². The molecule has 0 spiro atoms. The zero-order chi connectivity index (χ0) is 54.7. The third-order valence-corrected chi connectivity index (χ3v) is 14.5. The minimum atomic E-state index is -0.978. The van der Waals surface area contributed by atoms with Crippen molar-refractivity contribution in [3.8, 4) is 0 Å². The number of amides is 7. The fourth-order valence-corrected chi connectivity index (χ4v) is 9.42. The molecule has 10 atom stereocenters. The Bertz CT molecular complexity index is 2270. The van der Waals surface area contributed by atoms with Gasteiger partial charge in [-0.1, -0.05) is 128 Å². The molecule has 2 aliphatic heterocycles. The molecule has 0 aromatic heterocycles. The average molecular weight is 1020 g/mol. The Labute approximate surface area is 437 Å². The second-order valence-corrected chi connectivity index (χ2v) is 22.5. The van der Waals surface area contributed by atoms with Crippen molar-refractivity contribution in [2.24, 2.45) is 16.7 Å². The molecule has 0 aliphatic carbocycles. The van der Waals surface area contributed by atoms with Crippen LogP contribution in [0.5, 0.6) is 0 Å². The van der Waals surface area contributed by atoms with Gasteiger partial charge in [-0.2, -0.15) is 0 Å². The van der Waals surface area contributed by atoms with E-state index in [-0.39, 0.29) is 85.1 Å². The van der Waals surface area contributed by atoms with E-state index in [1.54, 1.807) is 52.2 Å². The van der Waals surface area contributed by atoms with E-state index in [1.165, 1.54) is 9.80 Å². The highest BCUT2D eigenvalue weighted by Crippen LogP contribution is 2.32. The second kappa shape index (κ2) is 25.7. The molecule has 7 N–H and O–H groups in total. The molecule has 2 heterocycles.